The first-order valence-corrected chi connectivity index (χ1v) is 7.25. The van der Waals surface area contributed by atoms with Crippen LogP contribution in [0, 0.1) is 17.5 Å². The van der Waals surface area contributed by atoms with E-state index < -0.39 is 11.8 Å². The van der Waals surface area contributed by atoms with E-state index >= 15 is 0 Å². The summed E-state index contributed by atoms with van der Waals surface area (Å²) >= 11 is 5.14. The number of aromatic amines is 1. The second-order valence-corrected chi connectivity index (χ2v) is 5.62. The van der Waals surface area contributed by atoms with Crippen LogP contribution in [0.1, 0.15) is 31.3 Å². The Morgan fingerprint density at radius 2 is 2.18 bits per heavy atom. The maximum atomic E-state index is 13.3. The van der Waals surface area contributed by atoms with Crippen LogP contribution in [0.25, 0.3) is 0 Å². The molecule has 2 aromatic rings. The molecule has 0 fully saturated rings. The lowest BCUT2D eigenvalue weighted by Gasteiger charge is -2.11. The van der Waals surface area contributed by atoms with E-state index in [2.05, 4.69) is 20.8 Å². The Hall–Kier alpha value is -2.22. The van der Waals surface area contributed by atoms with Gasteiger partial charge in [0.2, 0.25) is 0 Å². The molecule has 0 spiro atoms. The molecule has 1 heterocycles. The first-order valence-electron chi connectivity index (χ1n) is 6.84. The first kappa shape index (κ1) is 16.2. The number of halogens is 1. The molecule has 0 radical (unpaired) electrons. The Morgan fingerprint density at radius 3 is 2.82 bits per heavy atom. The summed E-state index contributed by atoms with van der Waals surface area (Å²) in [6.07, 6.45) is 0. The molecule has 6 nitrogen and oxygen atoms in total. The highest BCUT2D eigenvalue weighted by Crippen LogP contribution is 2.13. The van der Waals surface area contributed by atoms with E-state index in [1.54, 1.807) is 13.0 Å². The fourth-order valence-corrected chi connectivity index (χ4v) is 2.50. The highest BCUT2D eigenvalue weighted by molar-refractivity contribution is 7.71. The highest BCUT2D eigenvalue weighted by Gasteiger charge is 2.11. The second-order valence-electron chi connectivity index (χ2n) is 5.23. The Bertz CT molecular complexity index is 717. The number of anilines is 1. The summed E-state index contributed by atoms with van der Waals surface area (Å²) < 4.78 is 15.6. The van der Waals surface area contributed by atoms with Gasteiger partial charge in [0.25, 0.3) is 0 Å². The van der Waals surface area contributed by atoms with Gasteiger partial charge in [0.1, 0.15) is 5.82 Å². The van der Waals surface area contributed by atoms with E-state index in [4.69, 9.17) is 12.2 Å². The van der Waals surface area contributed by atoms with Crippen LogP contribution in [0.5, 0.6) is 0 Å². The predicted octanol–water partition coefficient (Wildman–Crippen LogP) is 3.29. The topological polar surface area (TPSA) is 74.7 Å². The molecule has 1 aromatic carbocycles. The smallest absolute Gasteiger partial charge is 0.319 e. The standard InChI is InChI=1S/C14H18FN5OS/c1-8(2)20-12(18-19-14(20)22)7-16-13(21)17-11-5-9(3)4-10(15)6-11/h4-6,8H,7H2,1-3H3,(H,19,22)(H2,16,17,21). The van der Waals surface area contributed by atoms with E-state index in [0.29, 0.717) is 16.3 Å². The molecule has 8 heteroatoms. The van der Waals surface area contributed by atoms with Crippen molar-refractivity contribution in [2.45, 2.75) is 33.4 Å². The summed E-state index contributed by atoms with van der Waals surface area (Å²) in [5.74, 6) is 0.238. The van der Waals surface area contributed by atoms with Crippen LogP contribution in [0.2, 0.25) is 0 Å². The SMILES string of the molecule is Cc1cc(F)cc(NC(=O)NCc2n[nH]c(=S)n2C(C)C)c1. The van der Waals surface area contributed by atoms with Gasteiger partial charge in [-0.25, -0.2) is 9.18 Å². The van der Waals surface area contributed by atoms with Crippen molar-refractivity contribution >= 4 is 23.9 Å². The third-order valence-corrected chi connectivity index (χ3v) is 3.29. The fourth-order valence-electron chi connectivity index (χ4n) is 2.14. The van der Waals surface area contributed by atoms with Crippen LogP contribution in [-0.4, -0.2) is 20.8 Å². The molecule has 118 valence electrons. The van der Waals surface area contributed by atoms with E-state index in [0.717, 1.165) is 5.56 Å². The number of hydrogen-bond acceptors (Lipinski definition) is 3. The lowest BCUT2D eigenvalue weighted by atomic mass is 10.2. The van der Waals surface area contributed by atoms with Crippen LogP contribution in [-0.2, 0) is 6.54 Å². The van der Waals surface area contributed by atoms with Crippen LogP contribution in [0.15, 0.2) is 18.2 Å². The number of nitrogens with one attached hydrogen (secondary N) is 3. The number of H-pyrrole nitrogens is 1. The minimum atomic E-state index is -0.436. The van der Waals surface area contributed by atoms with Crippen molar-refractivity contribution in [2.24, 2.45) is 0 Å². The largest absolute Gasteiger partial charge is 0.331 e. The number of carbonyl (C=O) groups is 1. The summed E-state index contributed by atoms with van der Waals surface area (Å²) in [6, 6.07) is 4.04. The highest BCUT2D eigenvalue weighted by atomic mass is 32.1. The van der Waals surface area contributed by atoms with Crippen molar-refractivity contribution in [3.8, 4) is 0 Å². The molecule has 0 aliphatic heterocycles. The number of benzene rings is 1. The van der Waals surface area contributed by atoms with Gasteiger partial charge in [-0.2, -0.15) is 5.10 Å². The summed E-state index contributed by atoms with van der Waals surface area (Å²) in [6.45, 7) is 5.92. The number of carbonyl (C=O) groups excluding carboxylic acids is 1. The minimum absolute atomic E-state index is 0.136. The maximum Gasteiger partial charge on any atom is 0.319 e. The Morgan fingerprint density at radius 1 is 1.45 bits per heavy atom. The van der Waals surface area contributed by atoms with Gasteiger partial charge < -0.3 is 15.2 Å². The zero-order valence-corrected chi connectivity index (χ0v) is 13.4. The monoisotopic (exact) mass is 323 g/mol. The van der Waals surface area contributed by atoms with Crippen molar-refractivity contribution in [2.75, 3.05) is 5.32 Å². The van der Waals surface area contributed by atoms with Gasteiger partial charge in [-0.3, -0.25) is 5.10 Å². The predicted molar refractivity (Wildman–Crippen MR) is 84.8 cm³/mol. The molecule has 0 saturated heterocycles. The molecule has 22 heavy (non-hydrogen) atoms. The lowest BCUT2D eigenvalue weighted by Crippen LogP contribution is -2.29. The van der Waals surface area contributed by atoms with Gasteiger partial charge in [-0.1, -0.05) is 0 Å². The van der Waals surface area contributed by atoms with E-state index in [1.165, 1.54) is 12.1 Å². The van der Waals surface area contributed by atoms with Gasteiger partial charge in [0.15, 0.2) is 10.6 Å². The Kier molecular flexibility index (Phi) is 4.92. The number of nitrogens with zero attached hydrogens (tertiary/aromatic N) is 2. The third-order valence-electron chi connectivity index (χ3n) is 3.00. The summed E-state index contributed by atoms with van der Waals surface area (Å²) in [5.41, 5.74) is 1.13. The number of amides is 2. The number of rotatable bonds is 4. The number of urea groups is 1. The lowest BCUT2D eigenvalue weighted by molar-refractivity contribution is 0.251. The van der Waals surface area contributed by atoms with Gasteiger partial charge in [-0.05, 0) is 56.8 Å². The zero-order valence-electron chi connectivity index (χ0n) is 12.6. The van der Waals surface area contributed by atoms with Crippen molar-refractivity contribution < 1.29 is 9.18 Å². The maximum absolute atomic E-state index is 13.3. The summed E-state index contributed by atoms with van der Waals surface area (Å²) in [7, 11) is 0. The second kappa shape index (κ2) is 6.69. The van der Waals surface area contributed by atoms with Crippen molar-refractivity contribution in [1.29, 1.82) is 0 Å². The van der Waals surface area contributed by atoms with E-state index in [-0.39, 0.29) is 12.6 Å². The van der Waals surface area contributed by atoms with E-state index in [1.807, 2.05) is 18.4 Å². The van der Waals surface area contributed by atoms with Gasteiger partial charge in [0, 0.05) is 11.7 Å². The molecule has 2 amide bonds. The van der Waals surface area contributed by atoms with Crippen LogP contribution in [0.3, 0.4) is 0 Å². The molecule has 0 atom stereocenters. The number of aryl methyl sites for hydroxylation is 1. The van der Waals surface area contributed by atoms with E-state index in [9.17, 15) is 9.18 Å². The Balaban J connectivity index is 2.00. The van der Waals surface area contributed by atoms with Gasteiger partial charge in [0.05, 0.1) is 6.54 Å². The molecule has 0 aliphatic carbocycles. The average molecular weight is 323 g/mol. The van der Waals surface area contributed by atoms with Crippen LogP contribution in [0.4, 0.5) is 14.9 Å². The first-order chi connectivity index (χ1) is 10.4. The number of aromatic nitrogens is 3. The molecule has 0 unspecified atom stereocenters. The molecular weight excluding hydrogens is 305 g/mol. The van der Waals surface area contributed by atoms with Crippen LogP contribution >= 0.6 is 12.2 Å². The molecule has 0 saturated carbocycles. The average Bonchev–Trinajstić information content (AvgIpc) is 2.76. The van der Waals surface area contributed by atoms with Crippen LogP contribution < -0.4 is 10.6 Å². The van der Waals surface area contributed by atoms with Crippen molar-refractivity contribution in [3.05, 3.63) is 40.2 Å². The normalized spacial score (nSPS) is 10.8. The summed E-state index contributed by atoms with van der Waals surface area (Å²) in [5, 5.41) is 12.0. The summed E-state index contributed by atoms with van der Waals surface area (Å²) in [4.78, 5) is 11.9. The zero-order chi connectivity index (χ0) is 16.3. The molecule has 0 aliphatic rings. The molecule has 0 bridgehead atoms. The third kappa shape index (κ3) is 3.91. The molecule has 1 aromatic heterocycles. The molecule has 3 N–H and O–H groups in total. The van der Waals surface area contributed by atoms with Crippen molar-refractivity contribution in [1.82, 2.24) is 20.1 Å². The number of hydrogen-bond donors (Lipinski definition) is 3. The van der Waals surface area contributed by atoms with Gasteiger partial charge >= 0.3 is 6.03 Å². The molecular formula is C14H18FN5OS. The molecule has 2 rings (SSSR count). The quantitative estimate of drug-likeness (QED) is 0.756. The van der Waals surface area contributed by atoms with Gasteiger partial charge in [-0.15, -0.1) is 0 Å². The Labute approximate surface area is 132 Å². The fraction of sp³-hybridized carbons (Fsp3) is 0.357. The van der Waals surface area contributed by atoms with Crippen molar-refractivity contribution in [3.63, 3.8) is 0 Å². The minimum Gasteiger partial charge on any atom is -0.331 e.